The van der Waals surface area contributed by atoms with Crippen LogP contribution in [0.3, 0.4) is 0 Å². The van der Waals surface area contributed by atoms with Crippen molar-refractivity contribution in [1.29, 1.82) is 0 Å². The zero-order valence-corrected chi connectivity index (χ0v) is 14.6. The summed E-state index contributed by atoms with van der Waals surface area (Å²) in [6, 6.07) is 4.94. The lowest BCUT2D eigenvalue weighted by molar-refractivity contribution is -0.130. The van der Waals surface area contributed by atoms with Crippen LogP contribution in [-0.4, -0.2) is 25.5 Å². The fourth-order valence-corrected chi connectivity index (χ4v) is 2.86. The van der Waals surface area contributed by atoms with E-state index in [4.69, 9.17) is 9.47 Å². The molecule has 0 saturated heterocycles. The summed E-state index contributed by atoms with van der Waals surface area (Å²) < 4.78 is 10.8. The Morgan fingerprint density at radius 1 is 1.17 bits per heavy atom. The summed E-state index contributed by atoms with van der Waals surface area (Å²) in [6.07, 6.45) is 4.69. The summed E-state index contributed by atoms with van der Waals surface area (Å²) >= 11 is 0. The number of carbonyl (C=O) groups excluding carboxylic acids is 2. The molecule has 1 fully saturated rings. The largest absolute Gasteiger partial charge is 0.493 e. The molecule has 1 aromatic carbocycles. The predicted molar refractivity (Wildman–Crippen MR) is 91.0 cm³/mol. The molecule has 0 spiro atoms. The van der Waals surface area contributed by atoms with Crippen molar-refractivity contribution in [3.05, 3.63) is 23.8 Å². The van der Waals surface area contributed by atoms with Crippen molar-refractivity contribution in [2.45, 2.75) is 46.0 Å². The maximum atomic E-state index is 12.2. The first-order valence-electron chi connectivity index (χ1n) is 8.42. The van der Waals surface area contributed by atoms with Gasteiger partial charge in [0.25, 0.3) is 5.91 Å². The van der Waals surface area contributed by atoms with Gasteiger partial charge in [0.1, 0.15) is 0 Å². The van der Waals surface area contributed by atoms with Crippen LogP contribution < -0.4 is 20.3 Å². The number of rotatable bonds is 6. The summed E-state index contributed by atoms with van der Waals surface area (Å²) in [4.78, 5) is 24.5. The van der Waals surface area contributed by atoms with E-state index in [1.165, 1.54) is 7.11 Å². The molecule has 2 rings (SSSR count). The van der Waals surface area contributed by atoms with E-state index >= 15 is 0 Å². The van der Waals surface area contributed by atoms with Gasteiger partial charge >= 0.3 is 0 Å². The van der Waals surface area contributed by atoms with Crippen LogP contribution in [0.25, 0.3) is 0 Å². The van der Waals surface area contributed by atoms with E-state index < -0.39 is 0 Å². The lowest BCUT2D eigenvalue weighted by atomic mass is 9.88. The molecule has 6 heteroatoms. The number of hydrogen-bond acceptors (Lipinski definition) is 4. The molecule has 1 aliphatic rings. The van der Waals surface area contributed by atoms with E-state index in [0.29, 0.717) is 23.7 Å². The van der Waals surface area contributed by atoms with Crippen LogP contribution >= 0.6 is 0 Å². The van der Waals surface area contributed by atoms with E-state index in [0.717, 1.165) is 32.1 Å². The van der Waals surface area contributed by atoms with Gasteiger partial charge in [0.15, 0.2) is 11.5 Å². The molecular weight excluding hydrogens is 308 g/mol. The minimum atomic E-state index is -0.386. The second-order valence-electron chi connectivity index (χ2n) is 6.39. The first-order valence-corrected chi connectivity index (χ1v) is 8.42. The average Bonchev–Trinajstić information content (AvgIpc) is 3.05. The zero-order valence-electron chi connectivity index (χ0n) is 14.6. The molecule has 2 N–H and O–H groups in total. The number of hydrogen-bond donors (Lipinski definition) is 2. The van der Waals surface area contributed by atoms with Crippen molar-refractivity contribution in [2.75, 3.05) is 13.7 Å². The molecule has 0 bridgehead atoms. The first kappa shape index (κ1) is 18.1. The van der Waals surface area contributed by atoms with Crippen LogP contribution in [0.1, 0.15) is 56.3 Å². The highest BCUT2D eigenvalue weighted by Gasteiger charge is 2.36. The molecule has 0 radical (unpaired) electrons. The SMILES string of the molecule is CCCOc1ccc(C(=O)NNC(=O)C2(C)CCCC2)cc1OC. The third kappa shape index (κ3) is 4.19. The normalized spacial score (nSPS) is 15.6. The van der Waals surface area contributed by atoms with Gasteiger partial charge in [0.05, 0.1) is 13.7 Å². The number of ether oxygens (including phenoxy) is 2. The summed E-state index contributed by atoms with van der Waals surface area (Å²) in [5.41, 5.74) is 5.03. The standard InChI is InChI=1S/C18H26N2O4/c1-4-11-24-14-8-7-13(12-15(14)23-3)16(21)19-20-17(22)18(2)9-5-6-10-18/h7-8,12H,4-6,9-11H2,1-3H3,(H,19,21)(H,20,22). The van der Waals surface area contributed by atoms with Gasteiger partial charge < -0.3 is 9.47 Å². The maximum absolute atomic E-state index is 12.2. The molecule has 6 nitrogen and oxygen atoms in total. The fourth-order valence-electron chi connectivity index (χ4n) is 2.86. The summed E-state index contributed by atoms with van der Waals surface area (Å²) in [5.74, 6) is 0.567. The molecular formula is C18H26N2O4. The Balaban J connectivity index is 1.98. The van der Waals surface area contributed by atoms with E-state index in [9.17, 15) is 9.59 Å². The van der Waals surface area contributed by atoms with Gasteiger partial charge in [0.2, 0.25) is 5.91 Å². The third-order valence-corrected chi connectivity index (χ3v) is 4.43. The molecule has 1 saturated carbocycles. The third-order valence-electron chi connectivity index (χ3n) is 4.43. The summed E-state index contributed by atoms with van der Waals surface area (Å²) in [6.45, 7) is 4.53. The second kappa shape index (κ2) is 8.04. The number of nitrogens with one attached hydrogen (secondary N) is 2. The summed E-state index contributed by atoms with van der Waals surface area (Å²) in [7, 11) is 1.53. The molecule has 0 unspecified atom stereocenters. The van der Waals surface area contributed by atoms with Crippen molar-refractivity contribution in [2.24, 2.45) is 5.41 Å². The molecule has 0 aliphatic heterocycles. The van der Waals surface area contributed by atoms with Crippen LogP contribution in [0.2, 0.25) is 0 Å². The van der Waals surface area contributed by atoms with E-state index in [1.54, 1.807) is 18.2 Å². The van der Waals surface area contributed by atoms with Crippen LogP contribution in [0.15, 0.2) is 18.2 Å². The Hall–Kier alpha value is -2.24. The first-order chi connectivity index (χ1) is 11.5. The number of hydrazine groups is 1. The highest BCUT2D eigenvalue weighted by atomic mass is 16.5. The predicted octanol–water partition coefficient (Wildman–Crippen LogP) is 2.83. The van der Waals surface area contributed by atoms with Gasteiger partial charge in [-0.1, -0.05) is 26.7 Å². The van der Waals surface area contributed by atoms with Gasteiger partial charge in [-0.3, -0.25) is 20.4 Å². The van der Waals surface area contributed by atoms with Crippen molar-refractivity contribution < 1.29 is 19.1 Å². The minimum absolute atomic E-state index is 0.136. The van der Waals surface area contributed by atoms with E-state index in [2.05, 4.69) is 10.9 Å². The Labute approximate surface area is 142 Å². The Morgan fingerprint density at radius 3 is 2.50 bits per heavy atom. The molecule has 1 aromatic rings. The average molecular weight is 334 g/mol. The maximum Gasteiger partial charge on any atom is 0.269 e. The van der Waals surface area contributed by atoms with E-state index in [-0.39, 0.29) is 17.2 Å². The Kier molecular flexibility index (Phi) is 6.06. The highest BCUT2D eigenvalue weighted by molar-refractivity contribution is 5.96. The molecule has 2 amide bonds. The molecule has 132 valence electrons. The van der Waals surface area contributed by atoms with Gasteiger partial charge in [-0.2, -0.15) is 0 Å². The van der Waals surface area contributed by atoms with Gasteiger partial charge in [0, 0.05) is 11.0 Å². The number of amides is 2. The minimum Gasteiger partial charge on any atom is -0.493 e. The highest BCUT2D eigenvalue weighted by Crippen LogP contribution is 2.37. The lowest BCUT2D eigenvalue weighted by Crippen LogP contribution is -2.47. The van der Waals surface area contributed by atoms with Gasteiger partial charge in [-0.25, -0.2) is 0 Å². The molecule has 0 aromatic heterocycles. The smallest absolute Gasteiger partial charge is 0.269 e. The Bertz CT molecular complexity index is 595. The topological polar surface area (TPSA) is 76.7 Å². The van der Waals surface area contributed by atoms with E-state index in [1.807, 2.05) is 13.8 Å². The van der Waals surface area contributed by atoms with Gasteiger partial charge in [-0.15, -0.1) is 0 Å². The van der Waals surface area contributed by atoms with Crippen molar-refractivity contribution in [1.82, 2.24) is 10.9 Å². The van der Waals surface area contributed by atoms with Crippen molar-refractivity contribution in [3.63, 3.8) is 0 Å². The molecule has 0 heterocycles. The monoisotopic (exact) mass is 334 g/mol. The number of methoxy groups -OCH3 is 1. The second-order valence-corrected chi connectivity index (χ2v) is 6.39. The Morgan fingerprint density at radius 2 is 1.88 bits per heavy atom. The fraction of sp³-hybridized carbons (Fsp3) is 0.556. The molecule has 0 atom stereocenters. The lowest BCUT2D eigenvalue weighted by Gasteiger charge is -2.22. The summed E-state index contributed by atoms with van der Waals surface area (Å²) in [5, 5.41) is 0. The molecule has 24 heavy (non-hydrogen) atoms. The van der Waals surface area contributed by atoms with Crippen molar-refractivity contribution >= 4 is 11.8 Å². The van der Waals surface area contributed by atoms with Crippen LogP contribution in [0, 0.1) is 5.41 Å². The van der Waals surface area contributed by atoms with Gasteiger partial charge in [-0.05, 0) is 37.5 Å². The number of carbonyl (C=O) groups is 2. The molecule has 1 aliphatic carbocycles. The number of benzene rings is 1. The van der Waals surface area contributed by atoms with Crippen LogP contribution in [-0.2, 0) is 4.79 Å². The van der Waals surface area contributed by atoms with Crippen molar-refractivity contribution in [3.8, 4) is 11.5 Å². The van der Waals surface area contributed by atoms with Crippen LogP contribution in [0.5, 0.6) is 11.5 Å². The van der Waals surface area contributed by atoms with Crippen LogP contribution in [0.4, 0.5) is 0 Å². The quantitative estimate of drug-likeness (QED) is 0.784. The zero-order chi connectivity index (χ0) is 17.6.